The highest BCUT2D eigenvalue weighted by atomic mass is 16.2. The van der Waals surface area contributed by atoms with Gasteiger partial charge in [-0.3, -0.25) is 9.59 Å². The minimum Gasteiger partial charge on any atom is -0.350 e. The first-order chi connectivity index (χ1) is 8.66. The summed E-state index contributed by atoms with van der Waals surface area (Å²) in [5.74, 6) is 0.433. The van der Waals surface area contributed by atoms with Gasteiger partial charge in [-0.25, -0.2) is 0 Å². The van der Waals surface area contributed by atoms with Crippen LogP contribution in [0.3, 0.4) is 0 Å². The number of nitrogens with one attached hydrogen (secondary N) is 2. The summed E-state index contributed by atoms with van der Waals surface area (Å²) in [6.45, 7) is 2.60. The van der Waals surface area contributed by atoms with E-state index in [0.29, 0.717) is 12.5 Å². The van der Waals surface area contributed by atoms with E-state index in [-0.39, 0.29) is 24.3 Å². The number of hydrogen-bond acceptors (Lipinski definition) is 2. The number of benzene rings is 1. The molecule has 0 saturated heterocycles. The molecular weight excluding hydrogens is 228 g/mol. The monoisotopic (exact) mass is 246 g/mol. The Balaban J connectivity index is 1.65. The molecule has 0 radical (unpaired) electrons. The van der Waals surface area contributed by atoms with Crippen LogP contribution in [0.5, 0.6) is 0 Å². The lowest BCUT2D eigenvalue weighted by Gasteiger charge is -2.06. The molecule has 96 valence electrons. The number of carbonyl (C=O) groups excluding carboxylic acids is 2. The normalized spacial score (nSPS) is 21.2. The predicted octanol–water partition coefficient (Wildman–Crippen LogP) is 1.07. The number of carbonyl (C=O) groups is 2. The van der Waals surface area contributed by atoms with Gasteiger partial charge >= 0.3 is 0 Å². The average Bonchev–Trinajstić information content (AvgIpc) is 3.12. The van der Waals surface area contributed by atoms with Crippen LogP contribution >= 0.6 is 0 Å². The largest absolute Gasteiger partial charge is 0.350 e. The van der Waals surface area contributed by atoms with Crippen LogP contribution in [-0.4, -0.2) is 18.4 Å². The van der Waals surface area contributed by atoms with Crippen molar-refractivity contribution in [2.75, 3.05) is 6.54 Å². The van der Waals surface area contributed by atoms with Gasteiger partial charge in [0.05, 0.1) is 6.54 Å². The zero-order valence-corrected chi connectivity index (χ0v) is 10.5. The summed E-state index contributed by atoms with van der Waals surface area (Å²) in [4.78, 5) is 23.0. The third-order valence-electron chi connectivity index (χ3n) is 3.20. The molecule has 18 heavy (non-hydrogen) atoms. The van der Waals surface area contributed by atoms with Crippen molar-refractivity contribution in [2.45, 2.75) is 19.9 Å². The third-order valence-corrected chi connectivity index (χ3v) is 3.20. The fourth-order valence-electron chi connectivity index (χ4n) is 1.84. The summed E-state index contributed by atoms with van der Waals surface area (Å²) in [7, 11) is 0. The van der Waals surface area contributed by atoms with Gasteiger partial charge in [-0.15, -0.1) is 0 Å². The van der Waals surface area contributed by atoms with E-state index in [0.717, 1.165) is 12.0 Å². The van der Waals surface area contributed by atoms with Crippen molar-refractivity contribution >= 4 is 11.8 Å². The fourth-order valence-corrected chi connectivity index (χ4v) is 1.84. The lowest BCUT2D eigenvalue weighted by Crippen LogP contribution is -2.37. The smallest absolute Gasteiger partial charge is 0.239 e. The molecule has 1 aliphatic carbocycles. The van der Waals surface area contributed by atoms with Crippen LogP contribution in [0, 0.1) is 11.8 Å². The summed E-state index contributed by atoms with van der Waals surface area (Å²) >= 11 is 0. The molecule has 2 atom stereocenters. The maximum Gasteiger partial charge on any atom is 0.239 e. The van der Waals surface area contributed by atoms with Crippen LogP contribution in [-0.2, 0) is 16.1 Å². The summed E-state index contributed by atoms with van der Waals surface area (Å²) in [5, 5.41) is 5.43. The molecule has 2 amide bonds. The second-order valence-electron chi connectivity index (χ2n) is 4.80. The summed E-state index contributed by atoms with van der Waals surface area (Å²) in [6.07, 6.45) is 0.942. The van der Waals surface area contributed by atoms with Crippen molar-refractivity contribution in [1.82, 2.24) is 10.6 Å². The maximum atomic E-state index is 11.5. The van der Waals surface area contributed by atoms with Crippen molar-refractivity contribution in [1.29, 1.82) is 0 Å². The zero-order valence-electron chi connectivity index (χ0n) is 10.5. The Bertz CT molecular complexity index is 431. The van der Waals surface area contributed by atoms with Crippen LogP contribution in [0.25, 0.3) is 0 Å². The van der Waals surface area contributed by atoms with Gasteiger partial charge in [-0.05, 0) is 17.9 Å². The van der Waals surface area contributed by atoms with Gasteiger partial charge in [0.1, 0.15) is 0 Å². The standard InChI is InChI=1S/C14H18N2O2/c1-10-7-12(10)14(18)16-9-13(17)15-8-11-5-3-2-4-6-11/h2-6,10,12H,7-9H2,1H3,(H,15,17)(H,16,18)/t10-,12+/m1/s1. The Kier molecular flexibility index (Phi) is 3.97. The van der Waals surface area contributed by atoms with E-state index in [4.69, 9.17) is 0 Å². The highest BCUT2D eigenvalue weighted by Crippen LogP contribution is 2.37. The molecule has 1 fully saturated rings. The first-order valence-corrected chi connectivity index (χ1v) is 6.25. The Labute approximate surface area is 107 Å². The van der Waals surface area contributed by atoms with E-state index in [1.807, 2.05) is 37.3 Å². The van der Waals surface area contributed by atoms with Crippen LogP contribution in [0.1, 0.15) is 18.9 Å². The van der Waals surface area contributed by atoms with Crippen LogP contribution in [0.15, 0.2) is 30.3 Å². The second-order valence-corrected chi connectivity index (χ2v) is 4.80. The molecule has 1 saturated carbocycles. The lowest BCUT2D eigenvalue weighted by molar-refractivity contribution is -0.127. The summed E-state index contributed by atoms with van der Waals surface area (Å²) in [5.41, 5.74) is 1.05. The second kappa shape index (κ2) is 5.67. The SMILES string of the molecule is C[C@@H]1C[C@@H]1C(=O)NCC(=O)NCc1ccccc1. The van der Waals surface area contributed by atoms with E-state index < -0.39 is 0 Å². The Morgan fingerprint density at radius 3 is 2.50 bits per heavy atom. The number of hydrogen-bond donors (Lipinski definition) is 2. The molecule has 2 N–H and O–H groups in total. The van der Waals surface area contributed by atoms with E-state index in [2.05, 4.69) is 10.6 Å². The van der Waals surface area contributed by atoms with Crippen LogP contribution in [0.2, 0.25) is 0 Å². The lowest BCUT2D eigenvalue weighted by atomic mass is 10.2. The number of rotatable bonds is 5. The van der Waals surface area contributed by atoms with Gasteiger partial charge in [0.15, 0.2) is 0 Å². The van der Waals surface area contributed by atoms with Crippen molar-refractivity contribution in [3.63, 3.8) is 0 Å². The molecule has 1 aliphatic rings. The molecule has 0 bridgehead atoms. The molecule has 2 rings (SSSR count). The van der Waals surface area contributed by atoms with Gasteiger partial charge in [-0.1, -0.05) is 37.3 Å². The quantitative estimate of drug-likeness (QED) is 0.816. The highest BCUT2D eigenvalue weighted by molar-refractivity contribution is 5.87. The van der Waals surface area contributed by atoms with Crippen LogP contribution < -0.4 is 10.6 Å². The van der Waals surface area contributed by atoms with Crippen molar-refractivity contribution in [2.24, 2.45) is 11.8 Å². The van der Waals surface area contributed by atoms with Gasteiger partial charge in [0.2, 0.25) is 11.8 Å². The molecule has 0 spiro atoms. The molecule has 0 aromatic heterocycles. The Morgan fingerprint density at radius 1 is 1.22 bits per heavy atom. The highest BCUT2D eigenvalue weighted by Gasteiger charge is 2.38. The Morgan fingerprint density at radius 2 is 1.89 bits per heavy atom. The molecule has 0 aliphatic heterocycles. The van der Waals surface area contributed by atoms with Crippen molar-refractivity contribution in [3.05, 3.63) is 35.9 Å². The fraction of sp³-hybridized carbons (Fsp3) is 0.429. The topological polar surface area (TPSA) is 58.2 Å². The number of amides is 2. The average molecular weight is 246 g/mol. The molecule has 0 unspecified atom stereocenters. The van der Waals surface area contributed by atoms with Crippen LogP contribution in [0.4, 0.5) is 0 Å². The van der Waals surface area contributed by atoms with E-state index in [9.17, 15) is 9.59 Å². The Hall–Kier alpha value is -1.84. The molecule has 4 heteroatoms. The van der Waals surface area contributed by atoms with Gasteiger partial charge in [0, 0.05) is 12.5 Å². The van der Waals surface area contributed by atoms with Gasteiger partial charge < -0.3 is 10.6 Å². The van der Waals surface area contributed by atoms with Gasteiger partial charge in [-0.2, -0.15) is 0 Å². The third kappa shape index (κ3) is 3.58. The molecular formula is C14H18N2O2. The molecule has 0 heterocycles. The van der Waals surface area contributed by atoms with E-state index in [1.165, 1.54) is 0 Å². The van der Waals surface area contributed by atoms with Gasteiger partial charge in [0.25, 0.3) is 0 Å². The molecule has 4 nitrogen and oxygen atoms in total. The molecule has 1 aromatic rings. The minimum absolute atomic E-state index is 0.00244. The predicted molar refractivity (Wildman–Crippen MR) is 68.6 cm³/mol. The minimum atomic E-state index is -0.152. The van der Waals surface area contributed by atoms with E-state index in [1.54, 1.807) is 0 Å². The summed E-state index contributed by atoms with van der Waals surface area (Å²) in [6, 6.07) is 9.69. The maximum absolute atomic E-state index is 11.5. The van der Waals surface area contributed by atoms with Crippen molar-refractivity contribution in [3.8, 4) is 0 Å². The van der Waals surface area contributed by atoms with E-state index >= 15 is 0 Å². The first-order valence-electron chi connectivity index (χ1n) is 6.25. The van der Waals surface area contributed by atoms with Crippen molar-refractivity contribution < 1.29 is 9.59 Å². The molecule has 1 aromatic carbocycles. The summed E-state index contributed by atoms with van der Waals surface area (Å²) < 4.78 is 0. The zero-order chi connectivity index (χ0) is 13.0. The first kappa shape index (κ1) is 12.6.